The number of aromatic nitrogens is 2. The summed E-state index contributed by atoms with van der Waals surface area (Å²) in [6, 6.07) is 8.15. The van der Waals surface area contributed by atoms with Crippen molar-refractivity contribution in [3.63, 3.8) is 0 Å². The molecule has 0 amide bonds. The van der Waals surface area contributed by atoms with Crippen LogP contribution in [0.15, 0.2) is 29.1 Å². The number of hydrogen-bond acceptors (Lipinski definition) is 3. The second-order valence-electron chi connectivity index (χ2n) is 4.71. The van der Waals surface area contributed by atoms with Gasteiger partial charge in [-0.1, -0.05) is 29.8 Å². The third kappa shape index (κ3) is 3.29. The normalized spacial score (nSPS) is 10.7. The number of hydrogen-bond donors (Lipinski definition) is 2. The minimum atomic E-state index is -0.149. The van der Waals surface area contributed by atoms with Gasteiger partial charge in [-0.05, 0) is 19.4 Å². The molecule has 0 aliphatic heterocycles. The number of nitrogens with zero attached hydrogens (tertiary/aromatic N) is 1. The van der Waals surface area contributed by atoms with E-state index in [1.54, 1.807) is 6.92 Å². The molecule has 2 rings (SSSR count). The van der Waals surface area contributed by atoms with E-state index in [4.69, 9.17) is 5.11 Å². The average Bonchev–Trinajstić information content (AvgIpc) is 2.37. The Kier molecular flexibility index (Phi) is 4.12. The van der Waals surface area contributed by atoms with Crippen LogP contribution >= 0.6 is 0 Å². The lowest BCUT2D eigenvalue weighted by molar-refractivity contribution is 0.298. The number of H-pyrrole nitrogens is 1. The van der Waals surface area contributed by atoms with Crippen molar-refractivity contribution in [2.24, 2.45) is 0 Å². The third-order valence-electron chi connectivity index (χ3n) is 3.13. The molecule has 2 aromatic rings. The Labute approximate surface area is 112 Å². The first-order valence-corrected chi connectivity index (χ1v) is 6.35. The predicted octanol–water partition coefficient (Wildman–Crippen LogP) is 1.51. The largest absolute Gasteiger partial charge is 0.396 e. The number of aryl methyl sites for hydroxylation is 2. The lowest BCUT2D eigenvalue weighted by Crippen LogP contribution is -2.20. The van der Waals surface area contributed by atoms with Crippen molar-refractivity contribution in [1.29, 1.82) is 0 Å². The van der Waals surface area contributed by atoms with Crippen molar-refractivity contribution in [3.05, 3.63) is 62.8 Å². The van der Waals surface area contributed by atoms with Gasteiger partial charge in [0.05, 0.1) is 0 Å². The summed E-state index contributed by atoms with van der Waals surface area (Å²) in [5.74, 6) is 0.660. The maximum Gasteiger partial charge on any atom is 0.254 e. The zero-order valence-corrected chi connectivity index (χ0v) is 11.2. The minimum Gasteiger partial charge on any atom is -0.396 e. The smallest absolute Gasteiger partial charge is 0.254 e. The number of nitrogens with one attached hydrogen (secondary N) is 1. The Balaban J connectivity index is 2.27. The van der Waals surface area contributed by atoms with Crippen LogP contribution in [-0.2, 0) is 12.8 Å². The molecule has 0 aliphatic rings. The van der Waals surface area contributed by atoms with E-state index in [1.807, 2.05) is 31.2 Å². The van der Waals surface area contributed by atoms with E-state index in [0.717, 1.165) is 5.56 Å². The highest BCUT2D eigenvalue weighted by Gasteiger charge is 2.08. The van der Waals surface area contributed by atoms with Crippen molar-refractivity contribution in [2.75, 3.05) is 6.61 Å². The van der Waals surface area contributed by atoms with Gasteiger partial charge in [0.1, 0.15) is 5.82 Å². The second kappa shape index (κ2) is 5.80. The Hall–Kier alpha value is -1.94. The summed E-state index contributed by atoms with van der Waals surface area (Å²) < 4.78 is 0. The second-order valence-corrected chi connectivity index (χ2v) is 4.71. The fourth-order valence-electron chi connectivity index (χ4n) is 2.06. The van der Waals surface area contributed by atoms with Gasteiger partial charge in [0.25, 0.3) is 5.56 Å². The first-order valence-electron chi connectivity index (χ1n) is 6.35. The summed E-state index contributed by atoms with van der Waals surface area (Å²) in [6.07, 6.45) is 0.953. The molecular formula is C15H18N2O2. The Morgan fingerprint density at radius 1 is 1.21 bits per heavy atom. The minimum absolute atomic E-state index is 0.0388. The zero-order valence-electron chi connectivity index (χ0n) is 11.2. The number of aromatic amines is 1. The lowest BCUT2D eigenvalue weighted by atomic mass is 10.1. The van der Waals surface area contributed by atoms with Crippen LogP contribution < -0.4 is 5.56 Å². The highest BCUT2D eigenvalue weighted by Crippen LogP contribution is 2.08. The Bertz CT molecular complexity index is 615. The Morgan fingerprint density at radius 3 is 2.47 bits per heavy atom. The summed E-state index contributed by atoms with van der Waals surface area (Å²) in [4.78, 5) is 19.1. The van der Waals surface area contributed by atoms with Crippen molar-refractivity contribution < 1.29 is 5.11 Å². The topological polar surface area (TPSA) is 66.0 Å². The standard InChI is InChI=1S/C15H18N2O2/c1-10-3-5-12(6-4-10)9-14-16-11(2)13(7-8-18)15(19)17-14/h3-6,18H,7-9H2,1-2H3,(H,16,17,19). The van der Waals surface area contributed by atoms with Crippen LogP contribution in [-0.4, -0.2) is 21.7 Å². The van der Waals surface area contributed by atoms with E-state index in [1.165, 1.54) is 5.56 Å². The summed E-state index contributed by atoms with van der Waals surface area (Å²) >= 11 is 0. The highest BCUT2D eigenvalue weighted by molar-refractivity contribution is 5.25. The van der Waals surface area contributed by atoms with Crippen LogP contribution in [0.5, 0.6) is 0 Å². The molecule has 4 nitrogen and oxygen atoms in total. The summed E-state index contributed by atoms with van der Waals surface area (Å²) in [7, 11) is 0. The van der Waals surface area contributed by atoms with Crippen LogP contribution in [0.25, 0.3) is 0 Å². The van der Waals surface area contributed by atoms with E-state index >= 15 is 0 Å². The number of aliphatic hydroxyl groups excluding tert-OH is 1. The molecule has 0 spiro atoms. The van der Waals surface area contributed by atoms with Crippen LogP contribution in [0.4, 0.5) is 0 Å². The SMILES string of the molecule is Cc1ccc(Cc2nc(C)c(CCO)c(=O)[nH]2)cc1. The van der Waals surface area contributed by atoms with Crippen LogP contribution in [0, 0.1) is 13.8 Å². The van der Waals surface area contributed by atoms with E-state index in [0.29, 0.717) is 29.9 Å². The molecule has 2 N–H and O–H groups in total. The van der Waals surface area contributed by atoms with Crippen molar-refractivity contribution in [1.82, 2.24) is 9.97 Å². The fraction of sp³-hybridized carbons (Fsp3) is 0.333. The number of benzene rings is 1. The van der Waals surface area contributed by atoms with E-state index in [9.17, 15) is 4.79 Å². The average molecular weight is 258 g/mol. The quantitative estimate of drug-likeness (QED) is 0.873. The zero-order chi connectivity index (χ0) is 13.8. The molecule has 19 heavy (non-hydrogen) atoms. The molecule has 1 aromatic heterocycles. The molecule has 4 heteroatoms. The van der Waals surface area contributed by atoms with Crippen LogP contribution in [0.3, 0.4) is 0 Å². The van der Waals surface area contributed by atoms with Gasteiger partial charge in [-0.2, -0.15) is 0 Å². The monoisotopic (exact) mass is 258 g/mol. The third-order valence-corrected chi connectivity index (χ3v) is 3.13. The van der Waals surface area contributed by atoms with Gasteiger partial charge in [0.15, 0.2) is 0 Å². The Morgan fingerprint density at radius 2 is 1.89 bits per heavy atom. The first kappa shape index (κ1) is 13.5. The molecule has 0 aliphatic carbocycles. The van der Waals surface area contributed by atoms with Gasteiger partial charge in [0.2, 0.25) is 0 Å². The summed E-state index contributed by atoms with van der Waals surface area (Å²) in [5.41, 5.74) is 3.43. The van der Waals surface area contributed by atoms with E-state index in [2.05, 4.69) is 9.97 Å². The maximum atomic E-state index is 11.9. The van der Waals surface area contributed by atoms with Crippen molar-refractivity contribution in [2.45, 2.75) is 26.7 Å². The summed E-state index contributed by atoms with van der Waals surface area (Å²) in [6.45, 7) is 3.81. The number of rotatable bonds is 4. The van der Waals surface area contributed by atoms with E-state index < -0.39 is 0 Å². The molecule has 100 valence electrons. The molecule has 1 aromatic carbocycles. The molecule has 0 saturated carbocycles. The molecule has 1 heterocycles. The predicted molar refractivity (Wildman–Crippen MR) is 74.4 cm³/mol. The summed E-state index contributed by atoms with van der Waals surface area (Å²) in [5, 5.41) is 8.92. The van der Waals surface area contributed by atoms with Gasteiger partial charge in [-0.15, -0.1) is 0 Å². The van der Waals surface area contributed by atoms with Crippen molar-refractivity contribution in [3.8, 4) is 0 Å². The number of aliphatic hydroxyl groups is 1. The van der Waals surface area contributed by atoms with Gasteiger partial charge in [-0.25, -0.2) is 4.98 Å². The van der Waals surface area contributed by atoms with E-state index in [-0.39, 0.29) is 12.2 Å². The molecule has 0 fully saturated rings. The first-order chi connectivity index (χ1) is 9.10. The van der Waals surface area contributed by atoms with Crippen LogP contribution in [0.2, 0.25) is 0 Å². The highest BCUT2D eigenvalue weighted by atomic mass is 16.3. The van der Waals surface area contributed by atoms with Gasteiger partial charge >= 0.3 is 0 Å². The lowest BCUT2D eigenvalue weighted by Gasteiger charge is -2.06. The van der Waals surface area contributed by atoms with Gasteiger partial charge in [0, 0.05) is 30.7 Å². The molecule has 0 bridgehead atoms. The molecule has 0 saturated heterocycles. The van der Waals surface area contributed by atoms with Gasteiger partial charge < -0.3 is 10.1 Å². The molecular weight excluding hydrogens is 240 g/mol. The fourth-order valence-corrected chi connectivity index (χ4v) is 2.06. The molecule has 0 unspecified atom stereocenters. The molecule has 0 radical (unpaired) electrons. The van der Waals surface area contributed by atoms with Crippen LogP contribution in [0.1, 0.15) is 28.2 Å². The maximum absolute atomic E-state index is 11.9. The molecule has 0 atom stereocenters. The van der Waals surface area contributed by atoms with Gasteiger partial charge in [-0.3, -0.25) is 4.79 Å². The van der Waals surface area contributed by atoms with Crippen molar-refractivity contribution >= 4 is 0 Å².